The van der Waals surface area contributed by atoms with E-state index >= 15 is 0 Å². The van der Waals surface area contributed by atoms with Crippen LogP contribution < -0.4 is 0 Å². The van der Waals surface area contributed by atoms with E-state index in [9.17, 15) is 0 Å². The highest BCUT2D eigenvalue weighted by atomic mass is 15.0. The van der Waals surface area contributed by atoms with Crippen LogP contribution >= 0.6 is 0 Å². The summed E-state index contributed by atoms with van der Waals surface area (Å²) < 4.78 is 4.73. The Kier molecular flexibility index (Phi) is 5.50. The molecule has 0 N–H and O–H groups in total. The zero-order valence-electron chi connectivity index (χ0n) is 23.9. The molecule has 0 saturated carbocycles. The minimum atomic E-state index is 1.15. The predicted octanol–water partition coefficient (Wildman–Crippen LogP) is 10.6. The zero-order valence-corrected chi connectivity index (χ0v) is 23.9. The van der Waals surface area contributed by atoms with E-state index in [4.69, 9.17) is 0 Å². The van der Waals surface area contributed by atoms with Gasteiger partial charge in [-0.3, -0.25) is 4.98 Å². The van der Waals surface area contributed by atoms with Crippen molar-refractivity contribution in [2.45, 2.75) is 0 Å². The minimum absolute atomic E-state index is 1.15. The van der Waals surface area contributed by atoms with Crippen molar-refractivity contribution in [1.29, 1.82) is 0 Å². The molecule has 0 aliphatic heterocycles. The molecule has 0 spiro atoms. The molecule has 44 heavy (non-hydrogen) atoms. The van der Waals surface area contributed by atoms with Crippen LogP contribution in [-0.4, -0.2) is 14.1 Å². The second kappa shape index (κ2) is 9.82. The average Bonchev–Trinajstić information content (AvgIpc) is 3.62. The van der Waals surface area contributed by atoms with Gasteiger partial charge in [0.25, 0.3) is 0 Å². The lowest BCUT2D eigenvalue weighted by Crippen LogP contribution is -1.94. The van der Waals surface area contributed by atoms with E-state index in [-0.39, 0.29) is 0 Å². The van der Waals surface area contributed by atoms with Crippen molar-refractivity contribution < 1.29 is 0 Å². The van der Waals surface area contributed by atoms with Crippen molar-refractivity contribution in [3.63, 3.8) is 0 Å². The maximum Gasteiger partial charge on any atom is 0.0572 e. The third-order valence-corrected chi connectivity index (χ3v) is 8.82. The lowest BCUT2D eigenvalue weighted by atomic mass is 9.98. The zero-order chi connectivity index (χ0) is 29.0. The number of hydrogen-bond acceptors (Lipinski definition) is 1. The van der Waals surface area contributed by atoms with Crippen LogP contribution in [-0.2, 0) is 0 Å². The van der Waals surface area contributed by atoms with Gasteiger partial charge in [0.2, 0.25) is 0 Å². The summed E-state index contributed by atoms with van der Waals surface area (Å²) in [5.74, 6) is 0. The fourth-order valence-corrected chi connectivity index (χ4v) is 6.86. The van der Waals surface area contributed by atoms with Crippen LogP contribution in [0.4, 0.5) is 0 Å². The van der Waals surface area contributed by atoms with Crippen LogP contribution in [0.5, 0.6) is 0 Å². The van der Waals surface area contributed by atoms with Gasteiger partial charge in [0.1, 0.15) is 0 Å². The van der Waals surface area contributed by atoms with E-state index in [0.717, 1.165) is 22.3 Å². The predicted molar refractivity (Wildman–Crippen MR) is 184 cm³/mol. The molecule has 3 nitrogen and oxygen atoms in total. The van der Waals surface area contributed by atoms with Gasteiger partial charge in [0, 0.05) is 45.3 Å². The van der Waals surface area contributed by atoms with Crippen LogP contribution in [0.3, 0.4) is 0 Å². The minimum Gasteiger partial charge on any atom is -0.309 e. The van der Waals surface area contributed by atoms with E-state index < -0.39 is 0 Å². The second-order valence-corrected chi connectivity index (χ2v) is 11.3. The van der Waals surface area contributed by atoms with Crippen molar-refractivity contribution in [2.24, 2.45) is 0 Å². The smallest absolute Gasteiger partial charge is 0.0572 e. The Morgan fingerprint density at radius 2 is 1.00 bits per heavy atom. The van der Waals surface area contributed by atoms with Crippen LogP contribution in [0.25, 0.3) is 77.2 Å². The van der Waals surface area contributed by atoms with Crippen LogP contribution in [0.2, 0.25) is 0 Å². The van der Waals surface area contributed by atoms with E-state index in [1.54, 1.807) is 0 Å². The maximum atomic E-state index is 4.54. The number of benzene rings is 6. The lowest BCUT2D eigenvalue weighted by Gasteiger charge is -2.10. The summed E-state index contributed by atoms with van der Waals surface area (Å²) in [6.45, 7) is 0. The summed E-state index contributed by atoms with van der Waals surface area (Å²) in [6, 6.07) is 54.4. The highest BCUT2D eigenvalue weighted by Crippen LogP contribution is 2.40. The summed E-state index contributed by atoms with van der Waals surface area (Å²) in [7, 11) is 0. The molecular weight excluding hydrogens is 534 g/mol. The Balaban J connectivity index is 1.26. The lowest BCUT2D eigenvalue weighted by molar-refractivity contribution is 1.17. The molecule has 0 fully saturated rings. The van der Waals surface area contributed by atoms with Gasteiger partial charge in [-0.15, -0.1) is 0 Å². The topological polar surface area (TPSA) is 22.8 Å². The van der Waals surface area contributed by atoms with Gasteiger partial charge in [-0.2, -0.15) is 0 Å². The molecule has 0 aliphatic rings. The van der Waals surface area contributed by atoms with Gasteiger partial charge in [0.15, 0.2) is 0 Å². The Hall–Kier alpha value is -5.93. The number of rotatable bonds is 4. The van der Waals surface area contributed by atoms with E-state index in [1.165, 1.54) is 55.0 Å². The molecule has 6 aromatic carbocycles. The molecule has 3 aromatic heterocycles. The second-order valence-electron chi connectivity index (χ2n) is 11.3. The molecule has 3 heterocycles. The molecular formula is C41H27N3. The van der Waals surface area contributed by atoms with Gasteiger partial charge in [-0.25, -0.2) is 0 Å². The largest absolute Gasteiger partial charge is 0.309 e. The van der Waals surface area contributed by atoms with Gasteiger partial charge in [-0.05, 0) is 76.9 Å². The van der Waals surface area contributed by atoms with E-state index in [1.807, 2.05) is 12.4 Å². The Morgan fingerprint density at radius 3 is 1.84 bits per heavy atom. The third-order valence-electron chi connectivity index (χ3n) is 8.82. The number of pyridine rings is 1. The van der Waals surface area contributed by atoms with Gasteiger partial charge >= 0.3 is 0 Å². The molecule has 0 amide bonds. The first-order valence-electron chi connectivity index (χ1n) is 15.0. The van der Waals surface area contributed by atoms with Crippen molar-refractivity contribution in [3.05, 3.63) is 164 Å². The average molecular weight is 562 g/mol. The molecule has 0 atom stereocenters. The molecule has 3 heteroatoms. The highest BCUT2D eigenvalue weighted by Gasteiger charge is 2.18. The van der Waals surface area contributed by atoms with Crippen LogP contribution in [0.15, 0.2) is 164 Å². The first-order chi connectivity index (χ1) is 21.8. The Morgan fingerprint density at radius 1 is 0.386 bits per heavy atom. The fraction of sp³-hybridized carbons (Fsp3) is 0. The highest BCUT2D eigenvalue weighted by molar-refractivity contribution is 6.17. The fourth-order valence-electron chi connectivity index (χ4n) is 6.86. The van der Waals surface area contributed by atoms with Crippen molar-refractivity contribution >= 4 is 43.6 Å². The SMILES string of the molecule is c1ccc(-c2ccc(-n3c4ccccc4c4cc(-c5cccc6c5c5cnccc5n6-c5ccccc5)ccc43)cc2)cc1. The summed E-state index contributed by atoms with van der Waals surface area (Å²) in [5, 5.41) is 4.87. The van der Waals surface area contributed by atoms with E-state index in [2.05, 4.69) is 166 Å². The molecule has 9 rings (SSSR count). The molecule has 0 saturated heterocycles. The first kappa shape index (κ1) is 24.6. The summed E-state index contributed by atoms with van der Waals surface area (Å²) >= 11 is 0. The Bertz CT molecular complexity index is 2470. The molecule has 9 aromatic rings. The summed E-state index contributed by atoms with van der Waals surface area (Å²) in [5.41, 5.74) is 11.9. The van der Waals surface area contributed by atoms with Crippen molar-refractivity contribution in [3.8, 4) is 33.6 Å². The van der Waals surface area contributed by atoms with Gasteiger partial charge < -0.3 is 9.13 Å². The van der Waals surface area contributed by atoms with Gasteiger partial charge in [-0.1, -0.05) is 97.1 Å². The number of para-hydroxylation sites is 2. The van der Waals surface area contributed by atoms with Crippen molar-refractivity contribution in [2.75, 3.05) is 0 Å². The van der Waals surface area contributed by atoms with Gasteiger partial charge in [0.05, 0.1) is 22.1 Å². The number of nitrogens with zero attached hydrogens (tertiary/aromatic N) is 3. The summed E-state index contributed by atoms with van der Waals surface area (Å²) in [6.07, 6.45) is 3.89. The number of fused-ring (bicyclic) bond motifs is 6. The van der Waals surface area contributed by atoms with Crippen LogP contribution in [0, 0.1) is 0 Å². The van der Waals surface area contributed by atoms with E-state index in [0.29, 0.717) is 0 Å². The molecule has 0 unspecified atom stereocenters. The standard InChI is InChI=1S/C41H27N3/c1-3-10-28(11-4-1)29-18-21-32(22-19-29)43-37-16-8-7-14-34(37)35-26-30(20-23-38(35)43)33-15-9-17-40-41(33)36-27-42-25-24-39(36)44(40)31-12-5-2-6-13-31/h1-27H. The summed E-state index contributed by atoms with van der Waals surface area (Å²) in [4.78, 5) is 4.54. The number of aromatic nitrogens is 3. The monoisotopic (exact) mass is 561 g/mol. The molecule has 0 radical (unpaired) electrons. The molecule has 206 valence electrons. The van der Waals surface area contributed by atoms with Crippen LogP contribution in [0.1, 0.15) is 0 Å². The molecule has 0 aliphatic carbocycles. The first-order valence-corrected chi connectivity index (χ1v) is 15.0. The number of hydrogen-bond donors (Lipinski definition) is 0. The quantitative estimate of drug-likeness (QED) is 0.210. The van der Waals surface area contributed by atoms with Crippen molar-refractivity contribution in [1.82, 2.24) is 14.1 Å². The maximum absolute atomic E-state index is 4.54. The third kappa shape index (κ3) is 3.73. The normalized spacial score (nSPS) is 11.6. The molecule has 0 bridgehead atoms. The Labute approximate surface area is 254 Å².